The molecule has 3 aromatic rings. The number of benzene rings is 1. The number of hydrogen-bond donors (Lipinski definition) is 2. The van der Waals surface area contributed by atoms with Gasteiger partial charge >= 0.3 is 0 Å². The van der Waals surface area contributed by atoms with E-state index in [4.69, 9.17) is 5.73 Å². The highest BCUT2D eigenvalue weighted by Crippen LogP contribution is 2.32. The molecular weight excluding hydrogens is 408 g/mol. The Balaban J connectivity index is 1.48. The number of aromatic nitrogens is 5. The van der Waals surface area contributed by atoms with Crippen LogP contribution in [0.1, 0.15) is 85.6 Å². The van der Waals surface area contributed by atoms with Crippen molar-refractivity contribution in [2.45, 2.75) is 64.7 Å². The van der Waals surface area contributed by atoms with E-state index in [1.807, 2.05) is 13.8 Å². The number of nitrogens with two attached hydrogens (primary N) is 1. The normalized spacial score (nSPS) is 15.1. The number of nitrogen functional groups attached to an aromatic ring is 1. The maximum Gasteiger partial charge on any atom is 0.293 e. The lowest BCUT2D eigenvalue weighted by Crippen LogP contribution is -2.21. The first-order valence-electron chi connectivity index (χ1n) is 11.1. The molecule has 0 atom stereocenters. The summed E-state index contributed by atoms with van der Waals surface area (Å²) in [5.41, 5.74) is 12.1. The van der Waals surface area contributed by atoms with Crippen LogP contribution in [0.3, 0.4) is 0 Å². The van der Waals surface area contributed by atoms with E-state index in [9.17, 15) is 4.79 Å². The summed E-state index contributed by atoms with van der Waals surface area (Å²) in [4.78, 5) is 12.8. The number of nitrogens with one attached hydrogen (secondary N) is 1. The van der Waals surface area contributed by atoms with E-state index in [1.165, 1.54) is 42.3 Å². The van der Waals surface area contributed by atoms with Crippen molar-refractivity contribution in [1.82, 2.24) is 30.7 Å². The van der Waals surface area contributed by atoms with E-state index in [1.54, 1.807) is 0 Å². The molecule has 168 valence electrons. The Morgan fingerprint density at radius 1 is 1.22 bits per heavy atom. The molecule has 0 radical (unpaired) electrons. The molecule has 32 heavy (non-hydrogen) atoms. The third-order valence-electron chi connectivity index (χ3n) is 5.89. The van der Waals surface area contributed by atoms with Gasteiger partial charge in [-0.2, -0.15) is 9.78 Å². The van der Waals surface area contributed by atoms with Crippen molar-refractivity contribution in [1.29, 1.82) is 0 Å². The van der Waals surface area contributed by atoms with Crippen molar-refractivity contribution in [3.8, 4) is 5.82 Å². The molecule has 4 rings (SSSR count). The molecule has 1 aliphatic carbocycles. The fourth-order valence-corrected chi connectivity index (χ4v) is 4.13. The molecule has 2 heterocycles. The first-order valence-corrected chi connectivity index (χ1v) is 11.1. The summed E-state index contributed by atoms with van der Waals surface area (Å²) in [7, 11) is 0. The Morgan fingerprint density at radius 2 is 1.97 bits per heavy atom. The predicted octanol–water partition coefficient (Wildman–Crippen LogP) is 3.39. The highest BCUT2D eigenvalue weighted by Gasteiger charge is 2.23. The first-order chi connectivity index (χ1) is 15.6. The van der Waals surface area contributed by atoms with Gasteiger partial charge in [0.05, 0.1) is 11.4 Å². The van der Waals surface area contributed by atoms with Crippen molar-refractivity contribution in [2.24, 2.45) is 5.10 Å². The molecule has 10 heteroatoms. The Bertz CT molecular complexity index is 1090. The zero-order valence-corrected chi connectivity index (χ0v) is 18.4. The Labute approximate surface area is 186 Å². The van der Waals surface area contributed by atoms with Gasteiger partial charge in [-0.3, -0.25) is 4.79 Å². The summed E-state index contributed by atoms with van der Waals surface area (Å²) in [5.74, 6) is 0.485. The largest absolute Gasteiger partial charge is 0.378 e. The molecule has 0 aliphatic heterocycles. The van der Waals surface area contributed by atoms with Crippen molar-refractivity contribution in [3.05, 3.63) is 46.8 Å². The Morgan fingerprint density at radius 3 is 2.62 bits per heavy atom. The maximum atomic E-state index is 12.8. The minimum absolute atomic E-state index is 0.0738. The highest BCUT2D eigenvalue weighted by atomic mass is 16.6. The Kier molecular flexibility index (Phi) is 6.58. The van der Waals surface area contributed by atoms with Gasteiger partial charge in [0.2, 0.25) is 11.6 Å². The molecule has 0 bridgehead atoms. The zero-order valence-electron chi connectivity index (χ0n) is 18.4. The van der Waals surface area contributed by atoms with Crippen LogP contribution >= 0.6 is 0 Å². The zero-order chi connectivity index (χ0) is 22.5. The number of anilines is 1. The Hall–Kier alpha value is -3.56. The van der Waals surface area contributed by atoms with Crippen LogP contribution in [0.5, 0.6) is 0 Å². The van der Waals surface area contributed by atoms with Crippen molar-refractivity contribution in [2.75, 3.05) is 5.73 Å². The fraction of sp³-hybridized carbons (Fsp3) is 0.455. The molecule has 0 spiro atoms. The van der Waals surface area contributed by atoms with Gasteiger partial charge < -0.3 is 5.73 Å². The lowest BCUT2D eigenvalue weighted by atomic mass is 9.84. The van der Waals surface area contributed by atoms with Gasteiger partial charge in [0.25, 0.3) is 5.91 Å². The number of amides is 1. The predicted molar refractivity (Wildman–Crippen MR) is 120 cm³/mol. The number of hydrogen-bond acceptors (Lipinski definition) is 8. The summed E-state index contributed by atoms with van der Waals surface area (Å²) < 4.78 is 6.02. The second-order valence-corrected chi connectivity index (χ2v) is 8.11. The summed E-state index contributed by atoms with van der Waals surface area (Å²) >= 11 is 0. The second kappa shape index (κ2) is 9.71. The van der Waals surface area contributed by atoms with Gasteiger partial charge in [-0.15, -0.1) is 5.10 Å². The molecule has 1 aliphatic rings. The first kappa shape index (κ1) is 21.7. The molecule has 1 amide bonds. The quantitative estimate of drug-likeness (QED) is 0.428. The van der Waals surface area contributed by atoms with Gasteiger partial charge in [-0.05, 0) is 53.5 Å². The highest BCUT2D eigenvalue weighted by molar-refractivity contribution is 6.00. The van der Waals surface area contributed by atoms with Gasteiger partial charge in [-0.25, -0.2) is 10.1 Å². The smallest absolute Gasteiger partial charge is 0.293 e. The summed E-state index contributed by atoms with van der Waals surface area (Å²) in [5, 5.41) is 19.6. The molecule has 0 unspecified atom stereocenters. The van der Waals surface area contributed by atoms with E-state index in [2.05, 4.69) is 60.0 Å². The van der Waals surface area contributed by atoms with E-state index in [0.717, 1.165) is 12.0 Å². The molecule has 2 aromatic heterocycles. The van der Waals surface area contributed by atoms with Crippen LogP contribution in [-0.2, 0) is 6.42 Å². The number of carbonyl (C=O) groups is 1. The lowest BCUT2D eigenvalue weighted by Gasteiger charge is -2.22. The molecule has 0 saturated heterocycles. The van der Waals surface area contributed by atoms with Crippen molar-refractivity contribution in [3.63, 3.8) is 0 Å². The van der Waals surface area contributed by atoms with Crippen molar-refractivity contribution >= 4 is 17.4 Å². The van der Waals surface area contributed by atoms with Crippen LogP contribution in [-0.4, -0.2) is 36.9 Å². The molecule has 1 aromatic carbocycles. The van der Waals surface area contributed by atoms with E-state index < -0.39 is 5.91 Å². The van der Waals surface area contributed by atoms with Crippen LogP contribution in [0.15, 0.2) is 34.0 Å². The van der Waals surface area contributed by atoms with Gasteiger partial charge in [0.1, 0.15) is 0 Å². The minimum atomic E-state index is -0.451. The summed E-state index contributed by atoms with van der Waals surface area (Å²) in [6, 6.07) is 8.48. The van der Waals surface area contributed by atoms with E-state index >= 15 is 0 Å². The topological polar surface area (TPSA) is 137 Å². The average molecular weight is 437 g/mol. The van der Waals surface area contributed by atoms with Gasteiger partial charge in [-0.1, -0.05) is 62.1 Å². The van der Waals surface area contributed by atoms with Crippen LogP contribution < -0.4 is 11.2 Å². The summed E-state index contributed by atoms with van der Waals surface area (Å²) in [6.07, 6.45) is 7.81. The number of nitrogens with zero attached hydrogens (tertiary/aromatic N) is 6. The summed E-state index contributed by atoms with van der Waals surface area (Å²) in [6.45, 7) is 3.85. The number of hydrazone groups is 1. The average Bonchev–Trinajstić information content (AvgIpc) is 3.44. The lowest BCUT2D eigenvalue weighted by molar-refractivity contribution is 0.0948. The second-order valence-electron chi connectivity index (χ2n) is 8.11. The molecule has 1 saturated carbocycles. The monoisotopic (exact) mass is 436 g/mol. The van der Waals surface area contributed by atoms with Crippen LogP contribution in [0, 0.1) is 0 Å². The van der Waals surface area contributed by atoms with E-state index in [-0.39, 0.29) is 17.3 Å². The van der Waals surface area contributed by atoms with Crippen LogP contribution in [0.25, 0.3) is 5.82 Å². The number of carbonyl (C=O) groups excluding carboxylic acids is 1. The van der Waals surface area contributed by atoms with Crippen molar-refractivity contribution < 1.29 is 9.42 Å². The third kappa shape index (κ3) is 4.53. The minimum Gasteiger partial charge on any atom is -0.378 e. The van der Waals surface area contributed by atoms with Crippen LogP contribution in [0.2, 0.25) is 0 Å². The van der Waals surface area contributed by atoms with Gasteiger partial charge in [0, 0.05) is 0 Å². The van der Waals surface area contributed by atoms with E-state index in [0.29, 0.717) is 23.7 Å². The number of rotatable bonds is 7. The molecule has 3 N–H and O–H groups in total. The molecular formula is C22H28N8O2. The molecule has 1 fully saturated rings. The van der Waals surface area contributed by atoms with Gasteiger partial charge in [0.15, 0.2) is 5.69 Å². The maximum absolute atomic E-state index is 12.8. The third-order valence-corrected chi connectivity index (χ3v) is 5.89. The SMILES string of the molecule is CCCc1c(C(=O)NN=C(C)c2ccc(C3CCCCC3)cc2)nnn1-c1nonc1N. The molecule has 10 nitrogen and oxygen atoms in total. The van der Waals surface area contributed by atoms with Crippen LogP contribution in [0.4, 0.5) is 5.82 Å². The fourth-order valence-electron chi connectivity index (χ4n) is 4.13. The standard InChI is InChI=1S/C22H28N8O2/c1-3-7-18-19(25-29-30(18)21-20(23)27-32-28-21)22(31)26-24-14(2)15-10-12-17(13-11-15)16-8-5-4-6-9-16/h10-13,16H,3-9H2,1-2H3,(H2,23,27)(H,26,31).